The zero-order valence-electron chi connectivity index (χ0n) is 11.6. The first-order valence-electron chi connectivity index (χ1n) is 6.96. The van der Waals surface area contributed by atoms with E-state index >= 15 is 0 Å². The van der Waals surface area contributed by atoms with Crippen molar-refractivity contribution in [2.75, 3.05) is 20.1 Å². The third kappa shape index (κ3) is 3.91. The Kier molecular flexibility index (Phi) is 5.20. The Balaban J connectivity index is 1.97. The molecule has 2 nitrogen and oxygen atoms in total. The van der Waals surface area contributed by atoms with Crippen molar-refractivity contribution >= 4 is 11.6 Å². The summed E-state index contributed by atoms with van der Waals surface area (Å²) in [5, 5.41) is 3.75. The Morgan fingerprint density at radius 2 is 2.26 bits per heavy atom. The van der Waals surface area contributed by atoms with Crippen LogP contribution in [0.15, 0.2) is 18.2 Å². The van der Waals surface area contributed by atoms with E-state index in [0.29, 0.717) is 6.04 Å². The number of benzene rings is 1. The summed E-state index contributed by atoms with van der Waals surface area (Å²) in [6, 6.07) is 5.79. The van der Waals surface area contributed by atoms with E-state index in [4.69, 9.17) is 11.6 Å². The molecule has 1 aliphatic heterocycles. The van der Waals surface area contributed by atoms with Gasteiger partial charge in [0.1, 0.15) is 5.82 Å². The average molecular weight is 285 g/mol. The number of hydrogen-bond donors (Lipinski definition) is 1. The van der Waals surface area contributed by atoms with Crippen LogP contribution in [0.2, 0.25) is 5.02 Å². The average Bonchev–Trinajstić information content (AvgIpc) is 2.42. The number of piperidine rings is 1. The van der Waals surface area contributed by atoms with Crippen LogP contribution in [-0.2, 0) is 0 Å². The lowest BCUT2D eigenvalue weighted by atomic mass is 10.0. The van der Waals surface area contributed by atoms with Crippen molar-refractivity contribution in [2.45, 2.75) is 38.3 Å². The second-order valence-corrected chi connectivity index (χ2v) is 5.84. The van der Waals surface area contributed by atoms with Crippen LogP contribution in [-0.4, -0.2) is 31.1 Å². The highest BCUT2D eigenvalue weighted by Crippen LogP contribution is 2.24. The molecule has 0 aromatic heterocycles. The molecule has 0 radical (unpaired) electrons. The molecule has 0 spiro atoms. The van der Waals surface area contributed by atoms with Crippen LogP contribution >= 0.6 is 11.6 Å². The number of nitrogens with zero attached hydrogens (tertiary/aromatic N) is 1. The lowest BCUT2D eigenvalue weighted by molar-refractivity contribution is 0.214. The van der Waals surface area contributed by atoms with E-state index in [1.165, 1.54) is 25.3 Å². The van der Waals surface area contributed by atoms with Crippen molar-refractivity contribution in [1.82, 2.24) is 10.2 Å². The topological polar surface area (TPSA) is 15.3 Å². The molecule has 2 rings (SSSR count). The molecule has 0 aliphatic carbocycles. The quantitative estimate of drug-likeness (QED) is 0.908. The van der Waals surface area contributed by atoms with E-state index in [1.807, 2.05) is 6.07 Å². The van der Waals surface area contributed by atoms with E-state index in [-0.39, 0.29) is 16.9 Å². The van der Waals surface area contributed by atoms with Crippen molar-refractivity contribution < 1.29 is 4.39 Å². The Bertz CT molecular complexity index is 419. The lowest BCUT2D eigenvalue weighted by Gasteiger charge is -2.32. The van der Waals surface area contributed by atoms with Crippen molar-refractivity contribution in [1.29, 1.82) is 0 Å². The first-order chi connectivity index (χ1) is 9.08. The van der Waals surface area contributed by atoms with Crippen LogP contribution in [0.1, 0.15) is 37.8 Å². The van der Waals surface area contributed by atoms with Gasteiger partial charge in [-0.3, -0.25) is 4.90 Å². The van der Waals surface area contributed by atoms with Crippen LogP contribution in [0.4, 0.5) is 4.39 Å². The van der Waals surface area contributed by atoms with Crippen LogP contribution in [0.3, 0.4) is 0 Å². The molecule has 0 bridgehead atoms. The van der Waals surface area contributed by atoms with Gasteiger partial charge in [0.05, 0.1) is 5.02 Å². The van der Waals surface area contributed by atoms with Gasteiger partial charge in [0, 0.05) is 18.6 Å². The number of likely N-dealkylation sites (N-methyl/N-ethyl adjacent to an activating group) is 1. The summed E-state index contributed by atoms with van der Waals surface area (Å²) in [6.45, 7) is 4.26. The van der Waals surface area contributed by atoms with E-state index < -0.39 is 0 Å². The smallest absolute Gasteiger partial charge is 0.141 e. The third-order valence-electron chi connectivity index (χ3n) is 4.01. The Hall–Kier alpha value is -0.640. The highest BCUT2D eigenvalue weighted by atomic mass is 35.5. The van der Waals surface area contributed by atoms with Gasteiger partial charge in [-0.05, 0) is 51.1 Å². The summed E-state index contributed by atoms with van der Waals surface area (Å²) in [5.74, 6) is -0.353. The monoisotopic (exact) mass is 284 g/mol. The standard InChI is InChI=1S/C15H22ClFN2/c1-11(12-6-7-15(17)14(16)9-12)19(2)10-13-5-3-4-8-18-13/h6-7,9,11,13,18H,3-5,8,10H2,1-2H3. The number of rotatable bonds is 4. The van der Waals surface area contributed by atoms with Gasteiger partial charge in [-0.1, -0.05) is 24.1 Å². The highest BCUT2D eigenvalue weighted by molar-refractivity contribution is 6.30. The molecule has 1 fully saturated rings. The highest BCUT2D eigenvalue weighted by Gasteiger charge is 2.19. The fourth-order valence-electron chi connectivity index (χ4n) is 2.61. The summed E-state index contributed by atoms with van der Waals surface area (Å²) in [7, 11) is 2.11. The molecule has 1 heterocycles. The second kappa shape index (κ2) is 6.69. The van der Waals surface area contributed by atoms with Gasteiger partial charge in [0.2, 0.25) is 0 Å². The van der Waals surface area contributed by atoms with Crippen molar-refractivity contribution in [2.24, 2.45) is 0 Å². The van der Waals surface area contributed by atoms with Gasteiger partial charge >= 0.3 is 0 Å². The molecule has 2 atom stereocenters. The normalized spacial score (nSPS) is 21.6. The maximum absolute atomic E-state index is 13.2. The number of nitrogens with one attached hydrogen (secondary N) is 1. The number of hydrogen-bond acceptors (Lipinski definition) is 2. The molecule has 1 aromatic carbocycles. The number of halogens is 2. The maximum atomic E-state index is 13.2. The Morgan fingerprint density at radius 1 is 1.47 bits per heavy atom. The predicted octanol–water partition coefficient (Wildman–Crippen LogP) is 3.61. The lowest BCUT2D eigenvalue weighted by Crippen LogP contribution is -2.43. The fourth-order valence-corrected chi connectivity index (χ4v) is 2.80. The Labute approximate surface area is 119 Å². The summed E-state index contributed by atoms with van der Waals surface area (Å²) in [4.78, 5) is 2.30. The Morgan fingerprint density at radius 3 is 2.89 bits per heavy atom. The molecule has 2 unspecified atom stereocenters. The molecular formula is C15H22ClFN2. The van der Waals surface area contributed by atoms with E-state index in [2.05, 4.69) is 24.2 Å². The van der Waals surface area contributed by atoms with Gasteiger partial charge in [-0.25, -0.2) is 4.39 Å². The third-order valence-corrected chi connectivity index (χ3v) is 4.30. The van der Waals surface area contributed by atoms with Crippen LogP contribution in [0.5, 0.6) is 0 Å². The van der Waals surface area contributed by atoms with E-state index in [0.717, 1.165) is 18.7 Å². The van der Waals surface area contributed by atoms with Gasteiger partial charge in [-0.2, -0.15) is 0 Å². The molecule has 1 aromatic rings. The molecule has 19 heavy (non-hydrogen) atoms. The predicted molar refractivity (Wildman–Crippen MR) is 78.1 cm³/mol. The van der Waals surface area contributed by atoms with Crippen LogP contribution in [0, 0.1) is 5.82 Å². The minimum atomic E-state index is -0.353. The molecule has 4 heteroatoms. The van der Waals surface area contributed by atoms with Crippen molar-refractivity contribution in [3.8, 4) is 0 Å². The zero-order chi connectivity index (χ0) is 13.8. The summed E-state index contributed by atoms with van der Waals surface area (Å²) in [5.41, 5.74) is 1.06. The van der Waals surface area contributed by atoms with Gasteiger partial charge in [0.15, 0.2) is 0 Å². The van der Waals surface area contributed by atoms with E-state index in [1.54, 1.807) is 6.07 Å². The largest absolute Gasteiger partial charge is 0.313 e. The van der Waals surface area contributed by atoms with Gasteiger partial charge in [0.25, 0.3) is 0 Å². The van der Waals surface area contributed by atoms with Gasteiger partial charge < -0.3 is 5.32 Å². The first-order valence-corrected chi connectivity index (χ1v) is 7.34. The first kappa shape index (κ1) is 14.8. The van der Waals surface area contributed by atoms with E-state index in [9.17, 15) is 4.39 Å². The molecule has 1 N–H and O–H groups in total. The van der Waals surface area contributed by atoms with Crippen LogP contribution < -0.4 is 5.32 Å². The minimum absolute atomic E-state index is 0.202. The summed E-state index contributed by atoms with van der Waals surface area (Å²) < 4.78 is 13.2. The maximum Gasteiger partial charge on any atom is 0.141 e. The van der Waals surface area contributed by atoms with Gasteiger partial charge in [-0.15, -0.1) is 0 Å². The van der Waals surface area contributed by atoms with Crippen LogP contribution in [0.25, 0.3) is 0 Å². The molecule has 1 aliphatic rings. The second-order valence-electron chi connectivity index (χ2n) is 5.44. The SMILES string of the molecule is CC(c1ccc(F)c(Cl)c1)N(C)CC1CCCCN1. The van der Waals surface area contributed by atoms with Crippen molar-refractivity contribution in [3.05, 3.63) is 34.6 Å². The molecule has 0 amide bonds. The molecular weight excluding hydrogens is 263 g/mol. The molecule has 1 saturated heterocycles. The van der Waals surface area contributed by atoms with Crippen molar-refractivity contribution in [3.63, 3.8) is 0 Å². The summed E-state index contributed by atoms with van der Waals surface area (Å²) >= 11 is 5.85. The minimum Gasteiger partial charge on any atom is -0.313 e. The summed E-state index contributed by atoms with van der Waals surface area (Å²) in [6.07, 6.45) is 3.83. The zero-order valence-corrected chi connectivity index (χ0v) is 12.4. The molecule has 106 valence electrons. The fraction of sp³-hybridized carbons (Fsp3) is 0.600. The molecule has 0 saturated carbocycles.